The van der Waals surface area contributed by atoms with Crippen molar-refractivity contribution in [2.75, 3.05) is 38.5 Å². The van der Waals surface area contributed by atoms with E-state index in [4.69, 9.17) is 80.0 Å². The molecule has 1 fully saturated rings. The molecule has 312 valence electrons. The number of aliphatic hydroxyl groups excluding tert-OH is 1. The topological polar surface area (TPSA) is 549 Å². The maximum Gasteiger partial charge on any atom is 0.322 e. The summed E-state index contributed by atoms with van der Waals surface area (Å²) in [6.07, 6.45) is 2.23. The summed E-state index contributed by atoms with van der Waals surface area (Å²) < 4.78 is 0. The van der Waals surface area contributed by atoms with Gasteiger partial charge in [-0.2, -0.15) is 12.6 Å². The summed E-state index contributed by atoms with van der Waals surface area (Å²) in [4.78, 5) is 77.9. The number of aliphatic hydroxyl groups is 1. The fourth-order valence-electron chi connectivity index (χ4n) is 2.00. The van der Waals surface area contributed by atoms with Crippen LogP contribution in [0.5, 0.6) is 0 Å². The van der Waals surface area contributed by atoms with Crippen LogP contribution >= 0.6 is 12.6 Å². The Kier molecular flexibility index (Phi) is 45.2. The van der Waals surface area contributed by atoms with Gasteiger partial charge in [0.25, 0.3) is 0 Å². The zero-order valence-corrected chi connectivity index (χ0v) is 29.3. The molecule has 53 heavy (non-hydrogen) atoms. The van der Waals surface area contributed by atoms with Crippen LogP contribution in [0.3, 0.4) is 0 Å². The number of guanidine groups is 1. The number of hydrogen-bond donors (Lipinski definition) is 20. The number of nitrogens with one attached hydrogen (secondary N) is 3. The van der Waals surface area contributed by atoms with Gasteiger partial charge in [0.05, 0.1) is 26.1 Å². The van der Waals surface area contributed by atoms with Crippen molar-refractivity contribution < 1.29 is 84.3 Å². The van der Waals surface area contributed by atoms with Gasteiger partial charge < -0.3 is 96.7 Å². The van der Waals surface area contributed by atoms with E-state index in [0.717, 1.165) is 19.4 Å². The number of rotatable bonds is 15. The molecule has 0 bridgehead atoms. The highest BCUT2D eigenvalue weighted by atomic mass is 32.1. The van der Waals surface area contributed by atoms with Gasteiger partial charge in [-0.1, -0.05) is 0 Å². The smallest absolute Gasteiger partial charge is 0.322 e. The minimum Gasteiger partial charge on any atom is -0.481 e. The van der Waals surface area contributed by atoms with Gasteiger partial charge in [-0.25, -0.2) is 0 Å². The van der Waals surface area contributed by atoms with E-state index >= 15 is 0 Å². The Labute approximate surface area is 307 Å². The molecule has 0 radical (unpaired) electrons. The van der Waals surface area contributed by atoms with Gasteiger partial charge in [0.1, 0.15) is 30.2 Å². The van der Waals surface area contributed by atoms with E-state index in [1.165, 1.54) is 0 Å². The van der Waals surface area contributed by atoms with Crippen molar-refractivity contribution in [1.29, 1.82) is 5.41 Å². The maximum atomic E-state index is 10.2. The third-order valence-electron chi connectivity index (χ3n) is 4.77. The third-order valence-corrected chi connectivity index (χ3v) is 5.17. The lowest BCUT2D eigenvalue weighted by Crippen LogP contribution is -2.34. The monoisotopic (exact) mass is 798 g/mol. The lowest BCUT2D eigenvalue weighted by molar-refractivity contribution is -0.144. The summed E-state index contributed by atoms with van der Waals surface area (Å²) in [6, 6.07) is -4.32. The minimum atomic E-state index is -1.29. The molecule has 1 heterocycles. The van der Waals surface area contributed by atoms with Crippen LogP contribution in [0.15, 0.2) is 0 Å². The molecule has 4 unspecified atom stereocenters. The van der Waals surface area contributed by atoms with E-state index in [0.29, 0.717) is 19.4 Å². The molecule has 1 rings (SSSR count). The zero-order valence-electron chi connectivity index (χ0n) is 28.4. The Bertz CT molecular complexity index is 1050. The largest absolute Gasteiger partial charge is 0.481 e. The van der Waals surface area contributed by atoms with Gasteiger partial charge in [0.2, 0.25) is 0 Å². The zero-order chi connectivity index (χ0) is 43.3. The van der Waals surface area contributed by atoms with Crippen molar-refractivity contribution in [2.45, 2.75) is 62.3 Å². The van der Waals surface area contributed by atoms with Crippen LogP contribution in [0.25, 0.3) is 0 Å². The van der Waals surface area contributed by atoms with Gasteiger partial charge in [0.15, 0.2) is 5.96 Å². The first-order valence-electron chi connectivity index (χ1n) is 14.5. The normalized spacial score (nSPS) is 14.1. The van der Waals surface area contributed by atoms with Crippen molar-refractivity contribution in [1.82, 2.24) is 10.6 Å². The Balaban J connectivity index is -0.000000124. The highest BCUT2D eigenvalue weighted by Crippen LogP contribution is 2.03. The highest BCUT2D eigenvalue weighted by molar-refractivity contribution is 7.80. The van der Waals surface area contributed by atoms with E-state index in [9.17, 15) is 38.4 Å². The molecule has 0 aromatic rings. The quantitative estimate of drug-likeness (QED) is 0.0317. The van der Waals surface area contributed by atoms with Crippen LogP contribution in [0.4, 0.5) is 0 Å². The molecule has 0 aliphatic carbocycles. The Morgan fingerprint density at radius 3 is 1.26 bits per heavy atom. The van der Waals surface area contributed by atoms with Crippen LogP contribution < -0.4 is 50.8 Å². The number of thiol groups is 1. The van der Waals surface area contributed by atoms with E-state index in [1.54, 1.807) is 0 Å². The summed E-state index contributed by atoms with van der Waals surface area (Å²) in [5.74, 6) is -8.26. The molecule has 0 spiro atoms. The third kappa shape index (κ3) is 56.7. The SMILES string of the molecule is N=C(N)NCCCC(N)C(=O)O.NC(CC(=O)O)C(=O)O.NC(CO)C(=O)O.NC(CS)C(=O)O.NCC(=O)O.NCC(=O)O.O=C(O)[C@@H]1CCCN1. The first-order chi connectivity index (χ1) is 24.3. The van der Waals surface area contributed by atoms with Gasteiger partial charge >= 0.3 is 47.8 Å². The van der Waals surface area contributed by atoms with E-state index in [-0.39, 0.29) is 30.8 Å². The van der Waals surface area contributed by atoms with Gasteiger partial charge in [0, 0.05) is 12.3 Å². The van der Waals surface area contributed by atoms with Crippen molar-refractivity contribution in [3.05, 3.63) is 0 Å². The molecular weight excluding hydrogens is 744 g/mol. The molecule has 5 atom stereocenters. The summed E-state index contributed by atoms with van der Waals surface area (Å²) in [7, 11) is 0. The van der Waals surface area contributed by atoms with Crippen LogP contribution in [-0.4, -0.2) is 168 Å². The Morgan fingerprint density at radius 2 is 1.11 bits per heavy atom. The molecule has 0 aromatic carbocycles. The number of carboxylic acids is 8. The van der Waals surface area contributed by atoms with Crippen LogP contribution in [0.2, 0.25) is 0 Å². The van der Waals surface area contributed by atoms with Crippen LogP contribution in [0, 0.1) is 5.41 Å². The molecule has 1 aliphatic heterocycles. The van der Waals surface area contributed by atoms with E-state index in [2.05, 4.69) is 34.7 Å². The second kappa shape index (κ2) is 39.8. The Hall–Kier alpha value is -4.94. The molecule has 26 N–H and O–H groups in total. The molecule has 1 aliphatic rings. The second-order valence-electron chi connectivity index (χ2n) is 9.41. The highest BCUT2D eigenvalue weighted by Gasteiger charge is 2.20. The summed E-state index contributed by atoms with van der Waals surface area (Å²) in [5, 5.41) is 84.1. The van der Waals surface area contributed by atoms with E-state index in [1.807, 2.05) is 0 Å². The van der Waals surface area contributed by atoms with Crippen molar-refractivity contribution in [2.24, 2.45) is 40.1 Å². The molecular formula is C25H54N10O17S. The molecule has 27 nitrogen and oxygen atoms in total. The minimum absolute atomic E-state index is 0.112. The van der Waals surface area contributed by atoms with Crippen molar-refractivity contribution in [3.8, 4) is 0 Å². The molecule has 0 aromatic heterocycles. The van der Waals surface area contributed by atoms with Gasteiger partial charge in [-0.05, 0) is 32.2 Å². The molecule has 1 saturated heterocycles. The fourth-order valence-corrected chi connectivity index (χ4v) is 2.15. The average molecular weight is 799 g/mol. The van der Waals surface area contributed by atoms with E-state index < -0.39 is 84.9 Å². The summed E-state index contributed by atoms with van der Waals surface area (Å²) >= 11 is 3.65. The number of carboxylic acid groups (broad SMARTS) is 8. The fraction of sp³-hybridized carbons (Fsp3) is 0.640. The van der Waals surface area contributed by atoms with Gasteiger partial charge in [-0.15, -0.1) is 0 Å². The number of nitrogens with two attached hydrogens (primary N) is 7. The maximum absolute atomic E-state index is 10.2. The van der Waals surface area contributed by atoms with Crippen LogP contribution in [-0.2, 0) is 38.4 Å². The van der Waals surface area contributed by atoms with Crippen molar-refractivity contribution in [3.63, 3.8) is 0 Å². The van der Waals surface area contributed by atoms with Gasteiger partial charge in [-0.3, -0.25) is 43.8 Å². The number of hydrogen-bond acceptors (Lipinski definition) is 18. The van der Waals surface area contributed by atoms with Crippen LogP contribution in [0.1, 0.15) is 32.1 Å². The standard InChI is InChI=1S/C6H14N4O2.C5H9NO2.C4H7NO4.C3H7NO3.C3H7NO2S.2C2H5NO2/c7-4(5(11)12)2-1-3-10-6(8)9;7-5(8)4-2-1-3-6-4;5-2(4(8)9)1-3(6)7;4-2(1-5)3(6)7;4-2(1-7)3(5)6;2*3-1-2(4)5/h4H,1-3,7H2,(H,11,12)(H4,8,9,10);4,6H,1-3H2,(H,7,8);2H,1,5H2,(H,6,7)(H,8,9);2,5H,1,4H2,(H,6,7);2,7H,1,4H2,(H,5,6);2*1,3H2,(H,4,5)/t;4-;;;;;/m.0...../s1. The molecule has 0 amide bonds. The lowest BCUT2D eigenvalue weighted by Gasteiger charge is -2.06. The lowest BCUT2D eigenvalue weighted by atomic mass is 10.2. The van der Waals surface area contributed by atoms with Crippen molar-refractivity contribution >= 4 is 66.3 Å². The Morgan fingerprint density at radius 1 is 0.717 bits per heavy atom. The molecule has 28 heteroatoms. The number of aliphatic carboxylic acids is 8. The predicted molar refractivity (Wildman–Crippen MR) is 187 cm³/mol. The predicted octanol–water partition coefficient (Wildman–Crippen LogP) is -6.86. The molecule has 0 saturated carbocycles. The first-order valence-corrected chi connectivity index (χ1v) is 15.2. The first kappa shape index (κ1) is 60.2. The number of carbonyl (C=O) groups is 8. The summed E-state index contributed by atoms with van der Waals surface area (Å²) in [6.45, 7) is 0.280. The second-order valence-corrected chi connectivity index (χ2v) is 9.77. The summed E-state index contributed by atoms with van der Waals surface area (Å²) in [5.41, 5.74) is 33.9. The average Bonchev–Trinajstić information content (AvgIpc) is 3.63.